The lowest BCUT2D eigenvalue weighted by Gasteiger charge is -2.07. The highest BCUT2D eigenvalue weighted by molar-refractivity contribution is 6.07. The summed E-state index contributed by atoms with van der Waals surface area (Å²) in [5.74, 6) is -0.130. The van der Waals surface area contributed by atoms with Gasteiger partial charge < -0.3 is 4.74 Å². The van der Waals surface area contributed by atoms with Crippen molar-refractivity contribution in [1.29, 1.82) is 0 Å². The molecule has 0 N–H and O–H groups in total. The highest BCUT2D eigenvalue weighted by Gasteiger charge is 2.10. The molecule has 0 aromatic heterocycles. The number of ether oxygens (including phenoxy) is 1. The maximum atomic E-state index is 12.2. The third-order valence-corrected chi connectivity index (χ3v) is 3.60. The van der Waals surface area contributed by atoms with Crippen molar-refractivity contribution in [3.05, 3.63) is 108 Å². The monoisotopic (exact) mass is 328 g/mol. The average Bonchev–Trinajstić information content (AvgIpc) is 2.68. The number of hydrogen-bond donors (Lipinski definition) is 0. The quantitative estimate of drug-likeness (QED) is 0.292. The Morgan fingerprint density at radius 2 is 1.24 bits per heavy atom. The Labute approximate surface area is 146 Å². The van der Waals surface area contributed by atoms with E-state index in [-0.39, 0.29) is 5.78 Å². The smallest absolute Gasteiger partial charge is 0.343 e. The van der Waals surface area contributed by atoms with Gasteiger partial charge in [-0.15, -0.1) is 0 Å². The van der Waals surface area contributed by atoms with Crippen molar-refractivity contribution in [2.75, 3.05) is 0 Å². The van der Waals surface area contributed by atoms with Gasteiger partial charge in [-0.1, -0.05) is 66.7 Å². The summed E-state index contributed by atoms with van der Waals surface area (Å²) in [7, 11) is 0. The number of esters is 1. The number of ketones is 1. The predicted octanol–water partition coefficient (Wildman–Crippen LogP) is 4.80. The molecule has 3 aromatic carbocycles. The van der Waals surface area contributed by atoms with Gasteiger partial charge in [0.05, 0.1) is 5.56 Å². The van der Waals surface area contributed by atoms with Gasteiger partial charge in [-0.3, -0.25) is 4.79 Å². The van der Waals surface area contributed by atoms with Crippen LogP contribution in [0.3, 0.4) is 0 Å². The minimum absolute atomic E-state index is 0.107. The highest BCUT2D eigenvalue weighted by Crippen LogP contribution is 2.21. The van der Waals surface area contributed by atoms with Crippen LogP contribution >= 0.6 is 0 Å². The number of allylic oxidation sites excluding steroid dienone is 1. The molecule has 122 valence electrons. The Balaban J connectivity index is 1.78. The van der Waals surface area contributed by atoms with Crippen molar-refractivity contribution < 1.29 is 14.3 Å². The summed E-state index contributed by atoms with van der Waals surface area (Å²) < 4.78 is 5.47. The molecule has 0 aliphatic carbocycles. The maximum Gasteiger partial charge on any atom is 0.343 e. The van der Waals surface area contributed by atoms with E-state index in [4.69, 9.17) is 4.74 Å². The van der Waals surface area contributed by atoms with Crippen LogP contribution in [0.2, 0.25) is 0 Å². The van der Waals surface area contributed by atoms with Crippen LogP contribution in [0.1, 0.15) is 26.3 Å². The van der Waals surface area contributed by atoms with E-state index in [2.05, 4.69) is 0 Å². The minimum Gasteiger partial charge on any atom is -0.422 e. The second-order valence-electron chi connectivity index (χ2n) is 5.36. The van der Waals surface area contributed by atoms with Gasteiger partial charge in [0.15, 0.2) is 5.78 Å². The largest absolute Gasteiger partial charge is 0.422 e. The van der Waals surface area contributed by atoms with E-state index in [9.17, 15) is 9.59 Å². The second kappa shape index (κ2) is 7.88. The van der Waals surface area contributed by atoms with E-state index in [1.165, 1.54) is 6.08 Å². The molecule has 3 nitrogen and oxygen atoms in total. The number of carbonyl (C=O) groups is 2. The fourth-order valence-corrected chi connectivity index (χ4v) is 2.31. The molecule has 0 saturated carbocycles. The Hall–Kier alpha value is -3.46. The van der Waals surface area contributed by atoms with Crippen LogP contribution in [-0.2, 0) is 0 Å². The van der Waals surface area contributed by atoms with Crippen molar-refractivity contribution in [3.63, 3.8) is 0 Å². The molecule has 0 saturated heterocycles. The number of benzene rings is 3. The Kier molecular flexibility index (Phi) is 5.17. The van der Waals surface area contributed by atoms with Gasteiger partial charge in [-0.25, -0.2) is 4.79 Å². The van der Waals surface area contributed by atoms with E-state index in [0.717, 1.165) is 0 Å². The van der Waals surface area contributed by atoms with Gasteiger partial charge in [0.1, 0.15) is 5.75 Å². The molecule has 0 amide bonds. The fraction of sp³-hybridized carbons (Fsp3) is 0. The van der Waals surface area contributed by atoms with Crippen LogP contribution in [0.5, 0.6) is 5.75 Å². The van der Waals surface area contributed by atoms with Crippen LogP contribution < -0.4 is 4.74 Å². The highest BCUT2D eigenvalue weighted by atomic mass is 16.5. The molecule has 0 radical (unpaired) electrons. The molecule has 0 aliphatic heterocycles. The molecule has 25 heavy (non-hydrogen) atoms. The van der Waals surface area contributed by atoms with E-state index in [0.29, 0.717) is 22.4 Å². The standard InChI is InChI=1S/C22H16O3/c23-20(17-9-3-1-4-10-17)16-15-18-11-7-8-14-21(18)25-22(24)19-12-5-2-6-13-19/h1-16H/b16-15-. The third-order valence-electron chi connectivity index (χ3n) is 3.60. The number of carbonyl (C=O) groups excluding carboxylic acids is 2. The molecule has 3 heteroatoms. The normalized spacial score (nSPS) is 10.6. The summed E-state index contributed by atoms with van der Waals surface area (Å²) in [6.45, 7) is 0. The minimum atomic E-state index is -0.434. The van der Waals surface area contributed by atoms with Crippen molar-refractivity contribution in [2.45, 2.75) is 0 Å². The zero-order valence-electron chi connectivity index (χ0n) is 13.5. The Morgan fingerprint density at radius 3 is 1.92 bits per heavy atom. The number of rotatable bonds is 5. The SMILES string of the molecule is O=C(/C=C\c1ccccc1OC(=O)c1ccccc1)c1ccccc1. The molecular weight excluding hydrogens is 312 g/mol. The first kappa shape index (κ1) is 16.4. The molecule has 0 fully saturated rings. The van der Waals surface area contributed by atoms with E-state index >= 15 is 0 Å². The van der Waals surface area contributed by atoms with Crippen LogP contribution in [0, 0.1) is 0 Å². The first-order valence-electron chi connectivity index (χ1n) is 7.88. The molecule has 0 unspecified atom stereocenters. The van der Waals surface area contributed by atoms with E-state index < -0.39 is 5.97 Å². The Morgan fingerprint density at radius 1 is 0.680 bits per heavy atom. The summed E-state index contributed by atoms with van der Waals surface area (Å²) in [5.41, 5.74) is 1.75. The molecule has 0 spiro atoms. The predicted molar refractivity (Wildman–Crippen MR) is 97.6 cm³/mol. The average molecular weight is 328 g/mol. The van der Waals surface area contributed by atoms with Gasteiger partial charge in [-0.2, -0.15) is 0 Å². The molecule has 0 heterocycles. The van der Waals surface area contributed by atoms with Gasteiger partial charge in [0.2, 0.25) is 0 Å². The number of hydrogen-bond acceptors (Lipinski definition) is 3. The van der Waals surface area contributed by atoms with Crippen LogP contribution in [0.15, 0.2) is 91.0 Å². The lowest BCUT2D eigenvalue weighted by molar-refractivity contribution is 0.0734. The van der Waals surface area contributed by atoms with Crippen molar-refractivity contribution >= 4 is 17.8 Å². The van der Waals surface area contributed by atoms with E-state index in [1.807, 2.05) is 30.3 Å². The second-order valence-corrected chi connectivity index (χ2v) is 5.36. The third kappa shape index (κ3) is 4.30. The van der Waals surface area contributed by atoms with Crippen molar-refractivity contribution in [1.82, 2.24) is 0 Å². The summed E-state index contributed by atoms with van der Waals surface area (Å²) in [5, 5.41) is 0. The Bertz CT molecular complexity index is 897. The molecule has 0 atom stereocenters. The summed E-state index contributed by atoms with van der Waals surface area (Å²) >= 11 is 0. The maximum absolute atomic E-state index is 12.2. The first-order chi connectivity index (χ1) is 12.2. The van der Waals surface area contributed by atoms with Crippen LogP contribution in [0.4, 0.5) is 0 Å². The van der Waals surface area contributed by atoms with Gasteiger partial charge in [0.25, 0.3) is 0 Å². The first-order valence-corrected chi connectivity index (χ1v) is 7.88. The van der Waals surface area contributed by atoms with Crippen molar-refractivity contribution in [3.8, 4) is 5.75 Å². The van der Waals surface area contributed by atoms with Gasteiger partial charge >= 0.3 is 5.97 Å². The van der Waals surface area contributed by atoms with Gasteiger partial charge in [0, 0.05) is 11.1 Å². The molecule has 3 aromatic rings. The topological polar surface area (TPSA) is 43.4 Å². The summed E-state index contributed by atoms with van der Waals surface area (Å²) in [6.07, 6.45) is 3.13. The fourth-order valence-electron chi connectivity index (χ4n) is 2.31. The lowest BCUT2D eigenvalue weighted by Crippen LogP contribution is -2.08. The molecule has 3 rings (SSSR count). The molecule has 0 bridgehead atoms. The number of para-hydroxylation sites is 1. The zero-order valence-corrected chi connectivity index (χ0v) is 13.5. The zero-order chi connectivity index (χ0) is 17.5. The van der Waals surface area contributed by atoms with Crippen LogP contribution in [0.25, 0.3) is 6.08 Å². The summed E-state index contributed by atoms with van der Waals surface area (Å²) in [4.78, 5) is 24.4. The molecule has 0 aliphatic rings. The van der Waals surface area contributed by atoms with Crippen LogP contribution in [-0.4, -0.2) is 11.8 Å². The van der Waals surface area contributed by atoms with E-state index in [1.54, 1.807) is 60.7 Å². The van der Waals surface area contributed by atoms with Crippen molar-refractivity contribution in [2.24, 2.45) is 0 Å². The lowest BCUT2D eigenvalue weighted by atomic mass is 10.1. The summed E-state index contributed by atoms with van der Waals surface area (Å²) in [6, 6.07) is 24.9. The van der Waals surface area contributed by atoms with Gasteiger partial charge in [-0.05, 0) is 30.4 Å². The molecular formula is C22H16O3.